The lowest BCUT2D eigenvalue weighted by atomic mass is 9.92. The zero-order chi connectivity index (χ0) is 13.1. The van der Waals surface area contributed by atoms with Gasteiger partial charge in [0.2, 0.25) is 0 Å². The van der Waals surface area contributed by atoms with Gasteiger partial charge in [-0.1, -0.05) is 53.0 Å². The van der Waals surface area contributed by atoms with Crippen molar-refractivity contribution in [3.63, 3.8) is 0 Å². The lowest BCUT2D eigenvalue weighted by molar-refractivity contribution is 1.04. The van der Waals surface area contributed by atoms with Crippen LogP contribution in [0.3, 0.4) is 0 Å². The van der Waals surface area contributed by atoms with Gasteiger partial charge >= 0.3 is 0 Å². The molecule has 0 fully saturated rings. The molecular formula is C14H8Cl3N. The quantitative estimate of drug-likeness (QED) is 0.737. The minimum atomic E-state index is -0.497. The highest BCUT2D eigenvalue weighted by Gasteiger charge is 2.19. The summed E-state index contributed by atoms with van der Waals surface area (Å²) in [5, 5.41) is 11.0. The van der Waals surface area contributed by atoms with Gasteiger partial charge in [-0.3, -0.25) is 0 Å². The molecule has 4 heteroatoms. The molecule has 1 nitrogen and oxygen atoms in total. The van der Waals surface area contributed by atoms with E-state index in [1.54, 1.807) is 42.5 Å². The van der Waals surface area contributed by atoms with E-state index in [4.69, 9.17) is 34.8 Å². The topological polar surface area (TPSA) is 23.8 Å². The van der Waals surface area contributed by atoms with Crippen molar-refractivity contribution in [1.29, 1.82) is 5.26 Å². The molecule has 2 rings (SSSR count). The minimum absolute atomic E-state index is 0.490. The summed E-state index contributed by atoms with van der Waals surface area (Å²) in [6.45, 7) is 0. The molecule has 18 heavy (non-hydrogen) atoms. The van der Waals surface area contributed by atoms with Crippen molar-refractivity contribution in [2.45, 2.75) is 5.92 Å². The van der Waals surface area contributed by atoms with Crippen molar-refractivity contribution in [1.82, 2.24) is 0 Å². The van der Waals surface area contributed by atoms with Gasteiger partial charge in [0.15, 0.2) is 0 Å². The molecule has 2 aromatic rings. The van der Waals surface area contributed by atoms with Crippen LogP contribution in [0.25, 0.3) is 0 Å². The van der Waals surface area contributed by atoms with E-state index in [0.29, 0.717) is 20.6 Å². The van der Waals surface area contributed by atoms with Gasteiger partial charge < -0.3 is 0 Å². The Morgan fingerprint density at radius 1 is 0.889 bits per heavy atom. The minimum Gasteiger partial charge on any atom is -0.197 e. The van der Waals surface area contributed by atoms with Crippen LogP contribution >= 0.6 is 34.8 Å². The van der Waals surface area contributed by atoms with Gasteiger partial charge in [0.25, 0.3) is 0 Å². The molecule has 0 aliphatic rings. The summed E-state index contributed by atoms with van der Waals surface area (Å²) in [6.07, 6.45) is 0. The molecule has 0 aliphatic carbocycles. The van der Waals surface area contributed by atoms with Crippen LogP contribution in [-0.2, 0) is 0 Å². The van der Waals surface area contributed by atoms with Crippen molar-refractivity contribution in [2.24, 2.45) is 0 Å². The molecule has 0 radical (unpaired) electrons. The van der Waals surface area contributed by atoms with E-state index in [1.165, 1.54) is 0 Å². The van der Waals surface area contributed by atoms with E-state index in [9.17, 15) is 5.26 Å². The van der Waals surface area contributed by atoms with Crippen LogP contribution in [0.1, 0.15) is 17.0 Å². The molecule has 0 saturated heterocycles. The summed E-state index contributed by atoms with van der Waals surface area (Å²) in [5.41, 5.74) is 1.45. The zero-order valence-corrected chi connectivity index (χ0v) is 11.5. The van der Waals surface area contributed by atoms with Crippen LogP contribution in [-0.4, -0.2) is 0 Å². The second kappa shape index (κ2) is 5.63. The Hall–Kier alpha value is -1.20. The highest BCUT2D eigenvalue weighted by molar-refractivity contribution is 6.36. The number of nitriles is 1. The van der Waals surface area contributed by atoms with Gasteiger partial charge in [0.1, 0.15) is 0 Å². The Balaban J connectivity index is 2.53. The normalized spacial score (nSPS) is 11.9. The largest absolute Gasteiger partial charge is 0.197 e. The first-order valence-corrected chi connectivity index (χ1v) is 6.36. The number of halogens is 3. The molecule has 0 heterocycles. The van der Waals surface area contributed by atoms with Gasteiger partial charge in [0, 0.05) is 20.6 Å². The highest BCUT2D eigenvalue weighted by Crippen LogP contribution is 2.35. The maximum absolute atomic E-state index is 9.35. The first-order valence-electron chi connectivity index (χ1n) is 5.22. The molecule has 2 aromatic carbocycles. The van der Waals surface area contributed by atoms with E-state index in [0.717, 1.165) is 5.56 Å². The second-order valence-corrected chi connectivity index (χ2v) is 5.00. The third-order valence-corrected chi connectivity index (χ3v) is 3.53. The van der Waals surface area contributed by atoms with Gasteiger partial charge in [-0.15, -0.1) is 0 Å². The van der Waals surface area contributed by atoms with Gasteiger partial charge in [-0.25, -0.2) is 0 Å². The monoisotopic (exact) mass is 295 g/mol. The van der Waals surface area contributed by atoms with E-state index >= 15 is 0 Å². The maximum Gasteiger partial charge on any atom is 0.0991 e. The number of rotatable bonds is 2. The molecule has 0 spiro atoms. The third kappa shape index (κ3) is 2.62. The van der Waals surface area contributed by atoms with Crippen molar-refractivity contribution in [3.8, 4) is 6.07 Å². The second-order valence-electron chi connectivity index (χ2n) is 3.75. The lowest BCUT2D eigenvalue weighted by Crippen LogP contribution is -2.00. The van der Waals surface area contributed by atoms with Crippen LogP contribution in [0.15, 0.2) is 42.5 Å². The summed E-state index contributed by atoms with van der Waals surface area (Å²) >= 11 is 18.1. The molecule has 0 bridgehead atoms. The van der Waals surface area contributed by atoms with Crippen LogP contribution < -0.4 is 0 Å². The van der Waals surface area contributed by atoms with Crippen LogP contribution in [0.5, 0.6) is 0 Å². The van der Waals surface area contributed by atoms with Crippen LogP contribution in [0.4, 0.5) is 0 Å². The standard InChI is InChI=1S/C14H8Cl3N/c15-10-6-4-9(5-7-10)11(8-18)14-12(16)2-1-3-13(14)17/h1-7,11H. The number of nitrogens with zero attached hydrogens (tertiary/aromatic N) is 1. The van der Waals surface area contributed by atoms with E-state index in [2.05, 4.69) is 6.07 Å². The third-order valence-electron chi connectivity index (χ3n) is 2.62. The molecule has 0 aliphatic heterocycles. The highest BCUT2D eigenvalue weighted by atomic mass is 35.5. The van der Waals surface area contributed by atoms with Crippen LogP contribution in [0, 0.1) is 11.3 Å². The molecule has 1 unspecified atom stereocenters. The van der Waals surface area contributed by atoms with Crippen molar-refractivity contribution in [3.05, 3.63) is 68.7 Å². The summed E-state index contributed by atoms with van der Waals surface area (Å²) < 4.78 is 0. The Morgan fingerprint density at radius 2 is 1.44 bits per heavy atom. The molecule has 0 amide bonds. The van der Waals surface area contributed by atoms with Crippen molar-refractivity contribution >= 4 is 34.8 Å². The maximum atomic E-state index is 9.35. The smallest absolute Gasteiger partial charge is 0.0991 e. The zero-order valence-electron chi connectivity index (χ0n) is 9.20. The summed E-state index contributed by atoms with van der Waals surface area (Å²) in [6, 6.07) is 14.5. The fraction of sp³-hybridized carbons (Fsp3) is 0.0714. The fourth-order valence-corrected chi connectivity index (χ4v) is 2.49. The van der Waals surface area contributed by atoms with Gasteiger partial charge in [-0.05, 0) is 29.8 Å². The Bertz CT molecular complexity index is 579. The Morgan fingerprint density at radius 3 is 1.94 bits per heavy atom. The molecule has 0 N–H and O–H groups in total. The lowest BCUT2D eigenvalue weighted by Gasteiger charge is -2.13. The molecule has 90 valence electrons. The molecule has 0 saturated carbocycles. The number of hydrogen-bond donors (Lipinski definition) is 0. The van der Waals surface area contributed by atoms with E-state index < -0.39 is 5.92 Å². The SMILES string of the molecule is N#CC(c1ccc(Cl)cc1)c1c(Cl)cccc1Cl. The average Bonchev–Trinajstić information content (AvgIpc) is 2.35. The number of hydrogen-bond acceptors (Lipinski definition) is 1. The van der Waals surface area contributed by atoms with Gasteiger partial charge in [0.05, 0.1) is 12.0 Å². The molecule has 1 atom stereocenters. The number of benzene rings is 2. The Kier molecular flexibility index (Phi) is 4.14. The fourth-order valence-electron chi connectivity index (χ4n) is 1.75. The summed E-state index contributed by atoms with van der Waals surface area (Å²) in [7, 11) is 0. The van der Waals surface area contributed by atoms with E-state index in [1.807, 2.05) is 0 Å². The molecule has 0 aromatic heterocycles. The summed E-state index contributed by atoms with van der Waals surface area (Å²) in [4.78, 5) is 0. The molecular weight excluding hydrogens is 289 g/mol. The Labute approximate surface area is 121 Å². The summed E-state index contributed by atoms with van der Waals surface area (Å²) in [5.74, 6) is -0.497. The average molecular weight is 297 g/mol. The first-order chi connectivity index (χ1) is 8.63. The predicted molar refractivity (Wildman–Crippen MR) is 75.4 cm³/mol. The van der Waals surface area contributed by atoms with Gasteiger partial charge in [-0.2, -0.15) is 5.26 Å². The van der Waals surface area contributed by atoms with E-state index in [-0.39, 0.29) is 0 Å². The van der Waals surface area contributed by atoms with Crippen molar-refractivity contribution < 1.29 is 0 Å². The van der Waals surface area contributed by atoms with Crippen molar-refractivity contribution in [2.75, 3.05) is 0 Å². The first kappa shape index (κ1) is 13.2. The predicted octanol–water partition coefficient (Wildman–Crippen LogP) is 5.30. The van der Waals surface area contributed by atoms with Crippen LogP contribution in [0.2, 0.25) is 15.1 Å².